The van der Waals surface area contributed by atoms with Crippen LogP contribution in [0.3, 0.4) is 0 Å². The number of benzene rings is 1. The highest BCUT2D eigenvalue weighted by Crippen LogP contribution is 2.16. The van der Waals surface area contributed by atoms with Gasteiger partial charge in [0, 0.05) is 13.0 Å². The van der Waals surface area contributed by atoms with Gasteiger partial charge >= 0.3 is 0 Å². The van der Waals surface area contributed by atoms with Gasteiger partial charge in [-0.25, -0.2) is 4.39 Å². The highest BCUT2D eigenvalue weighted by molar-refractivity contribution is 5.92. The van der Waals surface area contributed by atoms with Crippen LogP contribution in [0.1, 0.15) is 31.7 Å². The molecule has 5 heteroatoms. The summed E-state index contributed by atoms with van der Waals surface area (Å²) < 4.78 is 18.5. The Morgan fingerprint density at radius 2 is 2.24 bits per heavy atom. The predicted molar refractivity (Wildman–Crippen MR) is 79.3 cm³/mol. The number of aliphatic hydroxyl groups is 1. The van der Waals surface area contributed by atoms with Crippen molar-refractivity contribution in [2.45, 2.75) is 26.2 Å². The lowest BCUT2D eigenvalue weighted by atomic mass is 10.1. The van der Waals surface area contributed by atoms with E-state index in [1.165, 1.54) is 18.2 Å². The van der Waals surface area contributed by atoms with Gasteiger partial charge in [-0.1, -0.05) is 18.8 Å². The van der Waals surface area contributed by atoms with Gasteiger partial charge in [-0.3, -0.25) is 4.79 Å². The zero-order chi connectivity index (χ0) is 15.5. The van der Waals surface area contributed by atoms with E-state index >= 15 is 0 Å². The van der Waals surface area contributed by atoms with E-state index in [0.717, 1.165) is 6.42 Å². The number of halogens is 1. The minimum atomic E-state index is -0.424. The van der Waals surface area contributed by atoms with Crippen LogP contribution in [0.2, 0.25) is 0 Å². The summed E-state index contributed by atoms with van der Waals surface area (Å²) in [6.45, 7) is 2.92. The first-order chi connectivity index (χ1) is 10.2. The average molecular weight is 293 g/mol. The minimum Gasteiger partial charge on any atom is -0.395 e. The predicted octanol–water partition coefficient (Wildman–Crippen LogP) is 2.31. The monoisotopic (exact) mass is 293 g/mol. The quantitative estimate of drug-likeness (QED) is 0.599. The van der Waals surface area contributed by atoms with E-state index in [4.69, 9.17) is 9.84 Å². The molecule has 0 atom stereocenters. The molecule has 0 aliphatic rings. The third kappa shape index (κ3) is 6.89. The highest BCUT2D eigenvalue weighted by Gasteiger charge is 2.07. The van der Waals surface area contributed by atoms with Crippen molar-refractivity contribution in [3.8, 4) is 11.8 Å². The molecule has 0 radical (unpaired) electrons. The molecule has 1 amide bonds. The van der Waals surface area contributed by atoms with Crippen molar-refractivity contribution in [2.24, 2.45) is 0 Å². The lowest BCUT2D eigenvalue weighted by Gasteiger charge is -2.08. The van der Waals surface area contributed by atoms with Crippen LogP contribution >= 0.6 is 0 Å². The van der Waals surface area contributed by atoms with Crippen molar-refractivity contribution in [3.63, 3.8) is 0 Å². The van der Waals surface area contributed by atoms with E-state index in [2.05, 4.69) is 17.2 Å². The van der Waals surface area contributed by atoms with Gasteiger partial charge in [0.1, 0.15) is 5.82 Å². The van der Waals surface area contributed by atoms with E-state index in [9.17, 15) is 9.18 Å². The van der Waals surface area contributed by atoms with Gasteiger partial charge in [-0.05, 0) is 24.6 Å². The first-order valence-corrected chi connectivity index (χ1v) is 6.94. The Bertz CT molecular complexity index is 520. The van der Waals surface area contributed by atoms with Gasteiger partial charge in [-0.2, -0.15) is 0 Å². The summed E-state index contributed by atoms with van der Waals surface area (Å²) in [5.74, 6) is 4.82. The molecule has 0 fully saturated rings. The molecule has 0 spiro atoms. The summed E-state index contributed by atoms with van der Waals surface area (Å²) in [5.41, 5.74) is 0.855. The van der Waals surface area contributed by atoms with Crippen molar-refractivity contribution in [1.29, 1.82) is 0 Å². The Hall–Kier alpha value is -1.90. The topological polar surface area (TPSA) is 58.6 Å². The van der Waals surface area contributed by atoms with Crippen LogP contribution in [0.15, 0.2) is 18.2 Å². The summed E-state index contributed by atoms with van der Waals surface area (Å²) in [6, 6.07) is 4.00. The summed E-state index contributed by atoms with van der Waals surface area (Å²) in [4.78, 5) is 11.8. The SMILES string of the molecule is CCCOCCC(=O)Nc1ccc(F)cc1C#CCCO. The van der Waals surface area contributed by atoms with Crippen molar-refractivity contribution in [2.75, 3.05) is 25.1 Å². The number of rotatable bonds is 7. The van der Waals surface area contributed by atoms with Crippen LogP contribution in [0.4, 0.5) is 10.1 Å². The number of ether oxygens (including phenoxy) is 1. The molecule has 0 aliphatic carbocycles. The van der Waals surface area contributed by atoms with E-state index in [0.29, 0.717) is 30.9 Å². The zero-order valence-corrected chi connectivity index (χ0v) is 12.1. The van der Waals surface area contributed by atoms with Gasteiger partial charge in [-0.15, -0.1) is 0 Å². The number of hydrogen-bond donors (Lipinski definition) is 2. The molecule has 4 nitrogen and oxygen atoms in total. The zero-order valence-electron chi connectivity index (χ0n) is 12.1. The summed E-state index contributed by atoms with van der Waals surface area (Å²) in [7, 11) is 0. The van der Waals surface area contributed by atoms with E-state index in [-0.39, 0.29) is 18.9 Å². The van der Waals surface area contributed by atoms with E-state index < -0.39 is 5.82 Å². The van der Waals surface area contributed by atoms with Crippen molar-refractivity contribution < 1.29 is 19.0 Å². The molecule has 0 aromatic heterocycles. The molecule has 0 heterocycles. The van der Waals surface area contributed by atoms with Crippen molar-refractivity contribution in [1.82, 2.24) is 0 Å². The first-order valence-electron chi connectivity index (χ1n) is 6.94. The van der Waals surface area contributed by atoms with E-state index in [1.807, 2.05) is 6.92 Å². The molecule has 0 aliphatic heterocycles. The Labute approximate surface area is 124 Å². The number of anilines is 1. The van der Waals surface area contributed by atoms with Gasteiger partial charge in [0.2, 0.25) is 5.91 Å². The normalized spacial score (nSPS) is 9.86. The molecular weight excluding hydrogens is 273 g/mol. The molecule has 0 saturated carbocycles. The van der Waals surface area contributed by atoms with Gasteiger partial charge in [0.15, 0.2) is 0 Å². The second kappa shape index (κ2) is 9.92. The van der Waals surface area contributed by atoms with Gasteiger partial charge < -0.3 is 15.2 Å². The van der Waals surface area contributed by atoms with Crippen molar-refractivity contribution >= 4 is 11.6 Å². The molecule has 0 bridgehead atoms. The van der Waals surface area contributed by atoms with Crippen LogP contribution in [-0.4, -0.2) is 30.8 Å². The maximum Gasteiger partial charge on any atom is 0.226 e. The molecule has 0 unspecified atom stereocenters. The Morgan fingerprint density at radius 3 is 2.95 bits per heavy atom. The molecular formula is C16H20FNO3. The number of carbonyl (C=O) groups excluding carboxylic acids is 1. The number of aliphatic hydroxyl groups excluding tert-OH is 1. The molecule has 2 N–H and O–H groups in total. The molecule has 1 aromatic rings. The Balaban J connectivity index is 2.65. The second-order valence-corrected chi connectivity index (χ2v) is 4.38. The van der Waals surface area contributed by atoms with Crippen LogP contribution in [0.25, 0.3) is 0 Å². The molecule has 114 valence electrons. The van der Waals surface area contributed by atoms with E-state index in [1.54, 1.807) is 0 Å². The maximum absolute atomic E-state index is 13.2. The fourth-order valence-corrected chi connectivity index (χ4v) is 1.57. The van der Waals surface area contributed by atoms with Gasteiger partial charge in [0.25, 0.3) is 0 Å². The standard InChI is InChI=1S/C16H20FNO3/c1-2-10-21-11-8-16(20)18-15-7-6-14(17)12-13(15)5-3-4-9-19/h6-7,12,19H,2,4,8-11H2,1H3,(H,18,20). The number of amides is 1. The maximum atomic E-state index is 13.2. The molecule has 1 rings (SSSR count). The lowest BCUT2D eigenvalue weighted by molar-refractivity contribution is -0.117. The summed E-state index contributed by atoms with van der Waals surface area (Å²) in [5, 5.41) is 11.4. The number of nitrogens with one attached hydrogen (secondary N) is 1. The fourth-order valence-electron chi connectivity index (χ4n) is 1.57. The van der Waals surface area contributed by atoms with Crippen LogP contribution < -0.4 is 5.32 Å². The Morgan fingerprint density at radius 1 is 1.43 bits per heavy atom. The second-order valence-electron chi connectivity index (χ2n) is 4.38. The molecule has 0 saturated heterocycles. The van der Waals surface area contributed by atoms with Crippen LogP contribution in [-0.2, 0) is 9.53 Å². The first kappa shape index (κ1) is 17.2. The number of hydrogen-bond acceptors (Lipinski definition) is 3. The number of carbonyl (C=O) groups is 1. The largest absolute Gasteiger partial charge is 0.395 e. The van der Waals surface area contributed by atoms with Crippen LogP contribution in [0, 0.1) is 17.7 Å². The Kier molecular flexibility index (Phi) is 8.10. The highest BCUT2D eigenvalue weighted by atomic mass is 19.1. The lowest BCUT2D eigenvalue weighted by Crippen LogP contribution is -2.15. The summed E-state index contributed by atoms with van der Waals surface area (Å²) in [6.07, 6.45) is 1.44. The third-order valence-electron chi connectivity index (χ3n) is 2.54. The van der Waals surface area contributed by atoms with Crippen molar-refractivity contribution in [3.05, 3.63) is 29.6 Å². The third-order valence-corrected chi connectivity index (χ3v) is 2.54. The van der Waals surface area contributed by atoms with Gasteiger partial charge in [0.05, 0.1) is 30.9 Å². The fraction of sp³-hybridized carbons (Fsp3) is 0.438. The molecule has 21 heavy (non-hydrogen) atoms. The average Bonchev–Trinajstić information content (AvgIpc) is 2.47. The van der Waals surface area contributed by atoms with Crippen LogP contribution in [0.5, 0.6) is 0 Å². The molecule has 1 aromatic carbocycles. The smallest absolute Gasteiger partial charge is 0.226 e. The minimum absolute atomic E-state index is 0.0568. The summed E-state index contributed by atoms with van der Waals surface area (Å²) >= 11 is 0.